The van der Waals surface area contributed by atoms with Gasteiger partial charge in [-0.15, -0.1) is 0 Å². The SMILES string of the molecule is CCOC(=O)C[C@@H](CCc1cnc(C(=O)Nc2cccc(-c3cccc(CC(=O)c4cc(C5CC5)c(CN[C@H](CC(=O)OCC)C(=O)OCC)cn4)c3C)c2C)cc1C1CC1)C(=O)OCC. The lowest BCUT2D eigenvalue weighted by molar-refractivity contribution is -0.155. The van der Waals surface area contributed by atoms with Gasteiger partial charge < -0.3 is 24.3 Å². The lowest BCUT2D eigenvalue weighted by atomic mass is 9.90. The van der Waals surface area contributed by atoms with Crippen LogP contribution in [0.2, 0.25) is 0 Å². The van der Waals surface area contributed by atoms with Gasteiger partial charge in [0, 0.05) is 31.0 Å². The number of nitrogens with one attached hydrogen (secondary N) is 2. The number of hydrogen-bond donors (Lipinski definition) is 2. The summed E-state index contributed by atoms with van der Waals surface area (Å²) >= 11 is 0. The Balaban J connectivity index is 1.14. The summed E-state index contributed by atoms with van der Waals surface area (Å²) in [5, 5.41) is 6.24. The molecule has 2 aliphatic rings. The zero-order valence-corrected chi connectivity index (χ0v) is 39.0. The number of esters is 4. The summed E-state index contributed by atoms with van der Waals surface area (Å²) in [6.07, 6.45) is 8.16. The second-order valence-corrected chi connectivity index (χ2v) is 16.9. The van der Waals surface area contributed by atoms with E-state index in [-0.39, 0.29) is 75.5 Å². The number of aromatic nitrogens is 2. The number of ketones is 1. The van der Waals surface area contributed by atoms with Crippen LogP contribution >= 0.6 is 0 Å². The lowest BCUT2D eigenvalue weighted by Gasteiger charge is -2.18. The van der Waals surface area contributed by atoms with Crippen molar-refractivity contribution in [2.75, 3.05) is 31.7 Å². The lowest BCUT2D eigenvalue weighted by Crippen LogP contribution is -2.40. The van der Waals surface area contributed by atoms with Gasteiger partial charge in [0.15, 0.2) is 5.78 Å². The van der Waals surface area contributed by atoms with Crippen molar-refractivity contribution >= 4 is 41.3 Å². The van der Waals surface area contributed by atoms with E-state index in [1.807, 2.05) is 62.4 Å². The van der Waals surface area contributed by atoms with Gasteiger partial charge in [0.2, 0.25) is 0 Å². The molecular formula is C52H62N4O10. The molecule has 14 nitrogen and oxygen atoms in total. The standard InChI is InChI=1S/C52H62N4O10/c1-7-63-48(58)24-36(51(61)65-9-3)21-22-37-28-54-45(26-41(37)33-17-18-33)50(60)56-43-16-12-15-40(32(43)6)39-14-11-13-35(31(39)5)23-47(57)44-25-42(34-19-20-34)38(29-53-44)30-55-46(52(62)66-10-4)27-49(59)64-8-2/h11-16,25-26,28-29,33-34,36,46,55H,7-10,17-24,27,30H2,1-6H3,(H,56,60)/t36-,46-/m1/s1. The van der Waals surface area contributed by atoms with Crippen LogP contribution in [0.15, 0.2) is 60.9 Å². The second-order valence-electron chi connectivity index (χ2n) is 16.9. The monoisotopic (exact) mass is 902 g/mol. The molecule has 14 heteroatoms. The van der Waals surface area contributed by atoms with E-state index in [2.05, 4.69) is 20.6 Å². The molecule has 0 unspecified atom stereocenters. The molecule has 1 amide bonds. The fourth-order valence-corrected chi connectivity index (χ4v) is 8.28. The van der Waals surface area contributed by atoms with Gasteiger partial charge in [-0.05, 0) is 160 Å². The van der Waals surface area contributed by atoms with Crippen LogP contribution in [0.3, 0.4) is 0 Å². The Hall–Kier alpha value is -6.28. The average molecular weight is 903 g/mol. The van der Waals surface area contributed by atoms with Crippen LogP contribution in [0.25, 0.3) is 11.1 Å². The Labute approximate surface area is 387 Å². The van der Waals surface area contributed by atoms with Crippen molar-refractivity contribution in [3.8, 4) is 11.1 Å². The first-order valence-electron chi connectivity index (χ1n) is 23.2. The van der Waals surface area contributed by atoms with E-state index in [4.69, 9.17) is 18.9 Å². The van der Waals surface area contributed by atoms with Crippen LogP contribution in [-0.2, 0) is 57.5 Å². The van der Waals surface area contributed by atoms with Crippen molar-refractivity contribution in [3.63, 3.8) is 0 Å². The number of amides is 1. The van der Waals surface area contributed by atoms with Crippen LogP contribution in [-0.4, -0.2) is 78.0 Å². The predicted molar refractivity (Wildman–Crippen MR) is 248 cm³/mol. The number of nitrogens with zero attached hydrogens (tertiary/aromatic N) is 2. The molecule has 0 spiro atoms. The number of pyridine rings is 2. The molecule has 66 heavy (non-hydrogen) atoms. The van der Waals surface area contributed by atoms with Gasteiger partial charge in [-0.25, -0.2) is 0 Å². The molecule has 0 bridgehead atoms. The van der Waals surface area contributed by atoms with Crippen LogP contribution in [0.4, 0.5) is 5.69 Å². The van der Waals surface area contributed by atoms with Crippen molar-refractivity contribution in [1.29, 1.82) is 0 Å². The van der Waals surface area contributed by atoms with E-state index < -0.39 is 35.8 Å². The molecule has 2 fully saturated rings. The van der Waals surface area contributed by atoms with Crippen LogP contribution in [0, 0.1) is 19.8 Å². The van der Waals surface area contributed by atoms with E-state index in [0.717, 1.165) is 75.8 Å². The minimum absolute atomic E-state index is 0.0580. The molecular weight excluding hydrogens is 841 g/mol. The van der Waals surface area contributed by atoms with E-state index >= 15 is 0 Å². The van der Waals surface area contributed by atoms with Crippen LogP contribution in [0.5, 0.6) is 0 Å². The maximum absolute atomic E-state index is 13.9. The van der Waals surface area contributed by atoms with Gasteiger partial charge >= 0.3 is 23.9 Å². The minimum atomic E-state index is -0.883. The number of anilines is 1. The smallest absolute Gasteiger partial charge is 0.323 e. The summed E-state index contributed by atoms with van der Waals surface area (Å²) in [4.78, 5) is 86.7. The first kappa shape index (κ1) is 49.2. The minimum Gasteiger partial charge on any atom is -0.466 e. The highest BCUT2D eigenvalue weighted by Crippen LogP contribution is 2.43. The summed E-state index contributed by atoms with van der Waals surface area (Å²) in [5.41, 5.74) is 9.60. The molecule has 0 saturated heterocycles. The first-order valence-corrected chi connectivity index (χ1v) is 23.2. The molecule has 2 saturated carbocycles. The molecule has 2 aromatic heterocycles. The zero-order chi connectivity index (χ0) is 47.3. The Morgan fingerprint density at radius 2 is 1.21 bits per heavy atom. The quantitative estimate of drug-likeness (QED) is 0.0389. The highest BCUT2D eigenvalue weighted by atomic mass is 16.5. The van der Waals surface area contributed by atoms with Crippen molar-refractivity contribution in [1.82, 2.24) is 15.3 Å². The van der Waals surface area contributed by atoms with Gasteiger partial charge in [0.25, 0.3) is 5.91 Å². The number of Topliss-reactive ketones (excluding diaryl/α,β-unsaturated/α-hetero) is 1. The van der Waals surface area contributed by atoms with Crippen LogP contribution in [0.1, 0.15) is 144 Å². The molecule has 2 heterocycles. The maximum Gasteiger partial charge on any atom is 0.323 e. The number of carbonyl (C=O) groups excluding carboxylic acids is 6. The highest BCUT2D eigenvalue weighted by Gasteiger charge is 2.31. The number of aryl methyl sites for hydroxylation is 1. The largest absolute Gasteiger partial charge is 0.466 e. The third kappa shape index (κ3) is 13.0. The van der Waals surface area contributed by atoms with Crippen molar-refractivity contribution < 1.29 is 47.7 Å². The normalized spacial score (nSPS) is 14.2. The van der Waals surface area contributed by atoms with E-state index in [0.29, 0.717) is 30.1 Å². The molecule has 2 atom stereocenters. The Morgan fingerprint density at radius 1 is 0.652 bits per heavy atom. The topological polar surface area (TPSA) is 189 Å². The van der Waals surface area contributed by atoms with Crippen molar-refractivity contribution in [3.05, 3.63) is 111 Å². The summed E-state index contributed by atoms with van der Waals surface area (Å²) < 4.78 is 20.6. The molecule has 6 rings (SSSR count). The third-order valence-electron chi connectivity index (χ3n) is 12.2. The van der Waals surface area contributed by atoms with E-state index in [1.54, 1.807) is 40.1 Å². The number of hydrogen-bond acceptors (Lipinski definition) is 13. The molecule has 4 aromatic rings. The molecule has 2 aliphatic carbocycles. The highest BCUT2D eigenvalue weighted by molar-refractivity contribution is 6.04. The second kappa shape index (κ2) is 23.3. The number of ether oxygens (including phenoxy) is 4. The number of rotatable bonds is 24. The van der Waals surface area contributed by atoms with E-state index in [9.17, 15) is 28.8 Å². The third-order valence-corrected chi connectivity index (χ3v) is 12.2. The Kier molecular flexibility index (Phi) is 17.3. The van der Waals surface area contributed by atoms with Gasteiger partial charge in [-0.2, -0.15) is 0 Å². The number of carbonyl (C=O) groups is 6. The summed E-state index contributed by atoms with van der Waals surface area (Å²) in [6.45, 7) is 11.9. The van der Waals surface area contributed by atoms with Gasteiger partial charge in [-0.3, -0.25) is 44.1 Å². The predicted octanol–water partition coefficient (Wildman–Crippen LogP) is 8.23. The molecule has 350 valence electrons. The van der Waals surface area contributed by atoms with Gasteiger partial charge in [-0.1, -0.05) is 30.3 Å². The maximum atomic E-state index is 13.9. The number of benzene rings is 2. The summed E-state index contributed by atoms with van der Waals surface area (Å²) in [5.74, 6) is -2.43. The molecule has 0 radical (unpaired) electrons. The molecule has 2 N–H and O–H groups in total. The van der Waals surface area contributed by atoms with Crippen molar-refractivity contribution in [2.45, 2.75) is 124 Å². The Bertz CT molecular complexity index is 2260. The molecule has 2 aromatic carbocycles. The average Bonchev–Trinajstić information content (AvgIpc) is 4.24. The molecule has 0 aliphatic heterocycles. The first-order chi connectivity index (χ1) is 31.8. The fourth-order valence-electron chi connectivity index (χ4n) is 8.28. The van der Waals surface area contributed by atoms with E-state index in [1.165, 1.54) is 0 Å². The summed E-state index contributed by atoms with van der Waals surface area (Å²) in [7, 11) is 0. The zero-order valence-electron chi connectivity index (χ0n) is 39.0. The summed E-state index contributed by atoms with van der Waals surface area (Å²) in [6, 6.07) is 14.5. The van der Waals surface area contributed by atoms with Gasteiger partial charge in [0.05, 0.1) is 45.2 Å². The van der Waals surface area contributed by atoms with Gasteiger partial charge in [0.1, 0.15) is 17.4 Å². The fraction of sp³-hybridized carbons (Fsp3) is 0.462. The van der Waals surface area contributed by atoms with Crippen molar-refractivity contribution in [2.24, 2.45) is 5.92 Å². The van der Waals surface area contributed by atoms with Crippen LogP contribution < -0.4 is 10.6 Å². The Morgan fingerprint density at radius 3 is 1.86 bits per heavy atom.